The first kappa shape index (κ1) is 30.2. The minimum atomic E-state index is -4.10. The molecular formula is C30H36ClN3O4S. The molecule has 0 radical (unpaired) electrons. The van der Waals surface area contributed by atoms with Crippen molar-refractivity contribution < 1.29 is 18.0 Å². The molecule has 0 bridgehead atoms. The average molecular weight is 570 g/mol. The molecule has 2 atom stereocenters. The minimum Gasteiger partial charge on any atom is -0.352 e. The van der Waals surface area contributed by atoms with Crippen molar-refractivity contribution in [3.63, 3.8) is 0 Å². The predicted octanol–water partition coefficient (Wildman–Crippen LogP) is 5.57. The molecule has 208 valence electrons. The van der Waals surface area contributed by atoms with Crippen molar-refractivity contribution in [1.29, 1.82) is 0 Å². The first-order valence-corrected chi connectivity index (χ1v) is 14.9. The van der Waals surface area contributed by atoms with Crippen LogP contribution in [-0.4, -0.2) is 43.8 Å². The van der Waals surface area contributed by atoms with Gasteiger partial charge >= 0.3 is 0 Å². The van der Waals surface area contributed by atoms with Gasteiger partial charge in [0.2, 0.25) is 11.8 Å². The Hall–Kier alpha value is -3.36. The smallest absolute Gasteiger partial charge is 0.264 e. The Morgan fingerprint density at radius 3 is 2.13 bits per heavy atom. The third-order valence-electron chi connectivity index (χ3n) is 6.68. The van der Waals surface area contributed by atoms with E-state index >= 15 is 0 Å². The lowest BCUT2D eigenvalue weighted by molar-refractivity contribution is -0.140. The van der Waals surface area contributed by atoms with Gasteiger partial charge in [-0.2, -0.15) is 0 Å². The summed E-state index contributed by atoms with van der Waals surface area (Å²) in [4.78, 5) is 28.9. The lowest BCUT2D eigenvalue weighted by Crippen LogP contribution is -2.53. The molecule has 0 heterocycles. The first-order chi connectivity index (χ1) is 18.6. The fraction of sp³-hybridized carbons (Fsp3) is 0.333. The van der Waals surface area contributed by atoms with Crippen LogP contribution >= 0.6 is 11.6 Å². The molecule has 0 aromatic heterocycles. The van der Waals surface area contributed by atoms with E-state index in [0.29, 0.717) is 28.3 Å². The van der Waals surface area contributed by atoms with Gasteiger partial charge in [0.15, 0.2) is 0 Å². The molecule has 39 heavy (non-hydrogen) atoms. The number of aryl methyl sites for hydroxylation is 1. The number of rotatable bonds is 12. The topological polar surface area (TPSA) is 86.8 Å². The zero-order valence-electron chi connectivity index (χ0n) is 22.8. The second-order valence-electron chi connectivity index (χ2n) is 9.47. The van der Waals surface area contributed by atoms with E-state index in [0.717, 1.165) is 10.7 Å². The monoisotopic (exact) mass is 569 g/mol. The number of amides is 2. The number of para-hydroxylation sites is 1. The molecule has 3 aromatic rings. The van der Waals surface area contributed by atoms with Gasteiger partial charge in [-0.25, -0.2) is 8.42 Å². The van der Waals surface area contributed by atoms with E-state index in [2.05, 4.69) is 5.32 Å². The highest BCUT2D eigenvalue weighted by atomic mass is 35.5. The van der Waals surface area contributed by atoms with E-state index in [1.807, 2.05) is 32.9 Å². The molecule has 0 fully saturated rings. The van der Waals surface area contributed by atoms with E-state index in [4.69, 9.17) is 11.6 Å². The molecule has 3 rings (SSSR count). The summed E-state index contributed by atoms with van der Waals surface area (Å²) in [6, 6.07) is 21.2. The number of carbonyl (C=O) groups excluding carboxylic acids is 2. The van der Waals surface area contributed by atoms with Crippen LogP contribution in [0.2, 0.25) is 5.02 Å². The Balaban J connectivity index is 2.07. The van der Waals surface area contributed by atoms with Crippen LogP contribution in [0.5, 0.6) is 0 Å². The summed E-state index contributed by atoms with van der Waals surface area (Å²) in [5.74, 6) is -0.801. The summed E-state index contributed by atoms with van der Waals surface area (Å²) < 4.78 is 28.9. The van der Waals surface area contributed by atoms with Crippen molar-refractivity contribution in [2.45, 2.75) is 64.1 Å². The molecule has 2 unspecified atom stereocenters. The number of carbonyl (C=O) groups is 2. The number of nitrogens with zero attached hydrogens (tertiary/aromatic N) is 2. The Kier molecular flexibility index (Phi) is 10.5. The zero-order valence-corrected chi connectivity index (χ0v) is 24.4. The van der Waals surface area contributed by atoms with Crippen molar-refractivity contribution >= 4 is 39.1 Å². The third-order valence-corrected chi connectivity index (χ3v) is 8.82. The van der Waals surface area contributed by atoms with Crippen LogP contribution in [0, 0.1) is 6.92 Å². The zero-order chi connectivity index (χ0) is 28.6. The average Bonchev–Trinajstić information content (AvgIpc) is 2.93. The molecule has 0 aliphatic carbocycles. The van der Waals surface area contributed by atoms with Crippen LogP contribution in [0.3, 0.4) is 0 Å². The maximum absolute atomic E-state index is 14.1. The molecule has 0 aliphatic heterocycles. The predicted molar refractivity (Wildman–Crippen MR) is 156 cm³/mol. The lowest BCUT2D eigenvalue weighted by Gasteiger charge is -2.34. The highest BCUT2D eigenvalue weighted by Crippen LogP contribution is 2.28. The van der Waals surface area contributed by atoms with Crippen molar-refractivity contribution in [2.24, 2.45) is 0 Å². The molecule has 0 spiro atoms. The Morgan fingerprint density at radius 1 is 0.897 bits per heavy atom. The number of anilines is 1. The van der Waals surface area contributed by atoms with Gasteiger partial charge in [0, 0.05) is 17.6 Å². The fourth-order valence-corrected chi connectivity index (χ4v) is 5.94. The number of benzene rings is 3. The number of sulfonamides is 1. The van der Waals surface area contributed by atoms with Crippen LogP contribution in [-0.2, 0) is 26.2 Å². The van der Waals surface area contributed by atoms with E-state index in [1.165, 1.54) is 17.0 Å². The lowest BCUT2D eigenvalue weighted by atomic mass is 10.1. The number of halogens is 1. The molecule has 1 N–H and O–H groups in total. The second-order valence-corrected chi connectivity index (χ2v) is 11.7. The molecule has 3 aromatic carbocycles. The molecule has 0 saturated carbocycles. The van der Waals surface area contributed by atoms with Gasteiger partial charge in [-0.15, -0.1) is 0 Å². The normalized spacial score (nSPS) is 12.8. The molecular weight excluding hydrogens is 534 g/mol. The van der Waals surface area contributed by atoms with Gasteiger partial charge < -0.3 is 10.2 Å². The number of nitrogens with one attached hydrogen (secondary N) is 1. The quantitative estimate of drug-likeness (QED) is 0.309. The van der Waals surface area contributed by atoms with Gasteiger partial charge in [0.1, 0.15) is 12.6 Å². The summed E-state index contributed by atoms with van der Waals surface area (Å²) in [7, 11) is -4.10. The summed E-state index contributed by atoms with van der Waals surface area (Å²) in [6.45, 7) is 7.05. The van der Waals surface area contributed by atoms with Crippen molar-refractivity contribution in [2.75, 3.05) is 10.8 Å². The molecule has 0 aliphatic rings. The maximum Gasteiger partial charge on any atom is 0.264 e. The summed E-state index contributed by atoms with van der Waals surface area (Å²) in [6.07, 6.45) is 1.07. The fourth-order valence-electron chi connectivity index (χ4n) is 4.25. The van der Waals surface area contributed by atoms with Gasteiger partial charge in [-0.1, -0.05) is 80.0 Å². The van der Waals surface area contributed by atoms with Crippen LogP contribution in [0.25, 0.3) is 0 Å². The van der Waals surface area contributed by atoms with Gasteiger partial charge in [0.05, 0.1) is 10.6 Å². The molecule has 2 amide bonds. The number of hydrogen-bond donors (Lipinski definition) is 1. The Bertz CT molecular complexity index is 1380. The van der Waals surface area contributed by atoms with E-state index < -0.39 is 28.5 Å². The van der Waals surface area contributed by atoms with Crippen molar-refractivity contribution in [3.8, 4) is 0 Å². The summed E-state index contributed by atoms with van der Waals surface area (Å²) in [5, 5.41) is 3.43. The largest absolute Gasteiger partial charge is 0.352 e. The number of hydrogen-bond acceptors (Lipinski definition) is 4. The Labute approximate surface area is 236 Å². The molecule has 0 saturated heterocycles. The minimum absolute atomic E-state index is 0.0535. The van der Waals surface area contributed by atoms with E-state index in [-0.39, 0.29) is 23.4 Å². The van der Waals surface area contributed by atoms with Gasteiger partial charge in [-0.3, -0.25) is 13.9 Å². The summed E-state index contributed by atoms with van der Waals surface area (Å²) in [5.41, 5.74) is 1.75. The van der Waals surface area contributed by atoms with E-state index in [9.17, 15) is 18.0 Å². The summed E-state index contributed by atoms with van der Waals surface area (Å²) >= 11 is 6.44. The Morgan fingerprint density at radius 2 is 1.51 bits per heavy atom. The van der Waals surface area contributed by atoms with Crippen LogP contribution < -0.4 is 9.62 Å². The van der Waals surface area contributed by atoms with E-state index in [1.54, 1.807) is 61.5 Å². The second kappa shape index (κ2) is 13.6. The van der Waals surface area contributed by atoms with Crippen molar-refractivity contribution in [1.82, 2.24) is 10.2 Å². The highest BCUT2D eigenvalue weighted by molar-refractivity contribution is 7.92. The van der Waals surface area contributed by atoms with Gasteiger partial charge in [0.25, 0.3) is 10.0 Å². The van der Waals surface area contributed by atoms with Crippen molar-refractivity contribution in [3.05, 3.63) is 95.0 Å². The van der Waals surface area contributed by atoms with Crippen LogP contribution in [0.15, 0.2) is 83.8 Å². The highest BCUT2D eigenvalue weighted by Gasteiger charge is 2.34. The SMILES string of the molecule is CCC(C)NC(=O)C(CC)N(Cc1ccccc1Cl)C(=O)CN(c1ccccc1C)S(=O)(=O)c1ccccc1. The first-order valence-electron chi connectivity index (χ1n) is 13.1. The van der Waals surface area contributed by atoms with Crippen LogP contribution in [0.4, 0.5) is 5.69 Å². The maximum atomic E-state index is 14.1. The third kappa shape index (κ3) is 7.40. The van der Waals surface area contributed by atoms with Crippen LogP contribution in [0.1, 0.15) is 44.7 Å². The molecule has 9 heteroatoms. The van der Waals surface area contributed by atoms with Gasteiger partial charge in [-0.05, 0) is 62.1 Å². The standard InChI is InChI=1S/C30H36ClN3O4S/c1-5-23(4)32-30(36)27(6-2)33(20-24-15-11-12-18-26(24)31)29(35)21-34(28-19-13-10-14-22(28)3)39(37,38)25-16-8-7-9-17-25/h7-19,23,27H,5-6,20-21H2,1-4H3,(H,32,36). The molecule has 7 nitrogen and oxygen atoms in total.